The number of rotatable bonds is 6. The second kappa shape index (κ2) is 7.78. The molecule has 1 N–H and O–H groups in total. The molecule has 0 saturated carbocycles. The Kier molecular flexibility index (Phi) is 5.04. The summed E-state index contributed by atoms with van der Waals surface area (Å²) in [5.74, 6) is 2.07. The van der Waals surface area contributed by atoms with Gasteiger partial charge in [-0.15, -0.1) is 0 Å². The molecule has 0 aliphatic rings. The number of nitrogens with zero attached hydrogens (tertiary/aromatic N) is 3. The van der Waals surface area contributed by atoms with Crippen LogP contribution in [0.1, 0.15) is 5.56 Å². The number of nitrogens with one attached hydrogen (secondary N) is 1. The van der Waals surface area contributed by atoms with E-state index in [0.717, 1.165) is 27.5 Å². The van der Waals surface area contributed by atoms with Crippen molar-refractivity contribution in [2.24, 2.45) is 0 Å². The maximum atomic E-state index is 5.95. The summed E-state index contributed by atoms with van der Waals surface area (Å²) >= 11 is 5.95. The molecule has 0 saturated heterocycles. The number of imidazole rings is 1. The van der Waals surface area contributed by atoms with Gasteiger partial charge in [-0.25, -0.2) is 9.97 Å². The molecule has 0 aliphatic carbocycles. The molecule has 0 fully saturated rings. The molecule has 0 unspecified atom stereocenters. The molecule has 7 heteroatoms. The number of methoxy groups -OCH3 is 2. The molecule has 4 rings (SSSR count). The zero-order valence-electron chi connectivity index (χ0n) is 15.5. The Morgan fingerprint density at radius 1 is 1.00 bits per heavy atom. The monoisotopic (exact) mass is 394 g/mol. The third kappa shape index (κ3) is 3.46. The molecule has 28 heavy (non-hydrogen) atoms. The average Bonchev–Trinajstić information content (AvgIpc) is 3.17. The summed E-state index contributed by atoms with van der Waals surface area (Å²) in [6, 6.07) is 13.5. The Balaban J connectivity index is 1.66. The smallest absolute Gasteiger partial charge is 0.180 e. The van der Waals surface area contributed by atoms with Crippen molar-refractivity contribution in [3.63, 3.8) is 0 Å². The van der Waals surface area contributed by atoms with Gasteiger partial charge in [0.05, 0.1) is 26.1 Å². The Morgan fingerprint density at radius 2 is 1.79 bits per heavy atom. The van der Waals surface area contributed by atoms with Crippen LogP contribution in [0, 0.1) is 0 Å². The lowest BCUT2D eigenvalue weighted by Gasteiger charge is -2.10. The summed E-state index contributed by atoms with van der Waals surface area (Å²) in [6.07, 6.45) is 5.47. The van der Waals surface area contributed by atoms with Gasteiger partial charge in [0, 0.05) is 29.5 Å². The lowest BCUT2D eigenvalue weighted by atomic mass is 10.1. The number of ether oxygens (including phenoxy) is 2. The van der Waals surface area contributed by atoms with Gasteiger partial charge in [-0.3, -0.25) is 4.40 Å². The summed E-state index contributed by atoms with van der Waals surface area (Å²) in [7, 11) is 3.24. The van der Waals surface area contributed by atoms with E-state index >= 15 is 0 Å². The maximum absolute atomic E-state index is 5.95. The van der Waals surface area contributed by atoms with Crippen molar-refractivity contribution in [3.8, 4) is 22.8 Å². The van der Waals surface area contributed by atoms with E-state index in [1.54, 1.807) is 20.4 Å². The standard InChI is InChI=1S/C21H19ClN4O2/c1-27-18-8-5-15(11-19(18)28-2)17-13-25-21-20(23-9-10-26(17)21)24-12-14-3-6-16(22)7-4-14/h3-11,13H,12H2,1-2H3,(H,23,24). The van der Waals surface area contributed by atoms with E-state index in [0.29, 0.717) is 23.9 Å². The van der Waals surface area contributed by atoms with Crippen LogP contribution in [0.15, 0.2) is 61.1 Å². The van der Waals surface area contributed by atoms with Crippen LogP contribution in [-0.4, -0.2) is 28.6 Å². The molecule has 0 bridgehead atoms. The quantitative estimate of drug-likeness (QED) is 0.514. The van der Waals surface area contributed by atoms with E-state index in [4.69, 9.17) is 21.1 Å². The molecule has 2 aromatic heterocycles. The average molecular weight is 395 g/mol. The van der Waals surface area contributed by atoms with Gasteiger partial charge in [0.25, 0.3) is 0 Å². The number of anilines is 1. The lowest BCUT2D eigenvalue weighted by molar-refractivity contribution is 0.355. The van der Waals surface area contributed by atoms with E-state index < -0.39 is 0 Å². The van der Waals surface area contributed by atoms with Gasteiger partial charge >= 0.3 is 0 Å². The summed E-state index contributed by atoms with van der Waals surface area (Å²) in [5.41, 5.74) is 3.77. The lowest BCUT2D eigenvalue weighted by Crippen LogP contribution is -2.03. The molecule has 0 radical (unpaired) electrons. The number of aromatic nitrogens is 3. The second-order valence-electron chi connectivity index (χ2n) is 6.16. The predicted molar refractivity (Wildman–Crippen MR) is 110 cm³/mol. The van der Waals surface area contributed by atoms with Crippen LogP contribution < -0.4 is 14.8 Å². The van der Waals surface area contributed by atoms with Crippen molar-refractivity contribution >= 4 is 23.1 Å². The fourth-order valence-corrected chi connectivity index (χ4v) is 3.17. The Bertz CT molecular complexity index is 1110. The second-order valence-corrected chi connectivity index (χ2v) is 6.60. The van der Waals surface area contributed by atoms with Crippen LogP contribution >= 0.6 is 11.6 Å². The molecule has 142 valence electrons. The van der Waals surface area contributed by atoms with Crippen LogP contribution in [0.5, 0.6) is 11.5 Å². The van der Waals surface area contributed by atoms with E-state index in [1.165, 1.54) is 0 Å². The minimum Gasteiger partial charge on any atom is -0.493 e. The van der Waals surface area contributed by atoms with Gasteiger partial charge in [0.2, 0.25) is 0 Å². The van der Waals surface area contributed by atoms with Gasteiger partial charge < -0.3 is 14.8 Å². The fraction of sp³-hybridized carbons (Fsp3) is 0.143. The molecule has 2 heterocycles. The highest BCUT2D eigenvalue weighted by atomic mass is 35.5. The first-order valence-electron chi connectivity index (χ1n) is 8.72. The van der Waals surface area contributed by atoms with Crippen LogP contribution in [0.3, 0.4) is 0 Å². The first kappa shape index (κ1) is 18.1. The van der Waals surface area contributed by atoms with Crippen LogP contribution in [0.4, 0.5) is 5.82 Å². The summed E-state index contributed by atoms with van der Waals surface area (Å²) in [6.45, 7) is 0.627. The van der Waals surface area contributed by atoms with E-state index in [2.05, 4.69) is 15.3 Å². The van der Waals surface area contributed by atoms with Crippen molar-refractivity contribution in [1.29, 1.82) is 0 Å². The van der Waals surface area contributed by atoms with Crippen LogP contribution in [-0.2, 0) is 6.54 Å². The maximum Gasteiger partial charge on any atom is 0.180 e. The fourth-order valence-electron chi connectivity index (χ4n) is 3.04. The number of hydrogen-bond acceptors (Lipinski definition) is 5. The summed E-state index contributed by atoms with van der Waals surface area (Å²) in [4.78, 5) is 9.01. The van der Waals surface area contributed by atoms with Gasteiger partial charge in [0.1, 0.15) is 0 Å². The first-order valence-corrected chi connectivity index (χ1v) is 9.10. The number of benzene rings is 2. The molecule has 4 aromatic rings. The zero-order valence-corrected chi connectivity index (χ0v) is 16.3. The zero-order chi connectivity index (χ0) is 19.5. The highest BCUT2D eigenvalue weighted by molar-refractivity contribution is 6.30. The van der Waals surface area contributed by atoms with E-state index in [9.17, 15) is 0 Å². The normalized spacial score (nSPS) is 10.8. The van der Waals surface area contributed by atoms with E-state index in [-0.39, 0.29) is 0 Å². The van der Waals surface area contributed by atoms with Gasteiger partial charge in [-0.05, 0) is 35.9 Å². The molecule has 0 amide bonds. The van der Waals surface area contributed by atoms with Gasteiger partial charge in [-0.1, -0.05) is 23.7 Å². The van der Waals surface area contributed by atoms with Crippen LogP contribution in [0.2, 0.25) is 5.02 Å². The minimum absolute atomic E-state index is 0.627. The third-order valence-electron chi connectivity index (χ3n) is 4.48. The number of fused-ring (bicyclic) bond motifs is 1. The van der Waals surface area contributed by atoms with Crippen molar-refractivity contribution in [3.05, 3.63) is 71.6 Å². The van der Waals surface area contributed by atoms with E-state index in [1.807, 2.05) is 59.3 Å². The summed E-state index contributed by atoms with van der Waals surface area (Å²) < 4.78 is 12.7. The third-order valence-corrected chi connectivity index (χ3v) is 4.73. The van der Waals surface area contributed by atoms with Crippen molar-refractivity contribution in [2.75, 3.05) is 19.5 Å². The molecule has 2 aromatic carbocycles. The predicted octanol–water partition coefficient (Wildman–Crippen LogP) is 4.68. The Hall–Kier alpha value is -3.25. The van der Waals surface area contributed by atoms with Crippen molar-refractivity contribution < 1.29 is 9.47 Å². The van der Waals surface area contributed by atoms with Gasteiger partial charge in [-0.2, -0.15) is 0 Å². The molecular formula is C21H19ClN4O2. The van der Waals surface area contributed by atoms with Crippen LogP contribution in [0.25, 0.3) is 16.9 Å². The SMILES string of the molecule is COc1ccc(-c2cnc3c(NCc4ccc(Cl)cc4)nccn23)cc1OC. The minimum atomic E-state index is 0.627. The van der Waals surface area contributed by atoms with Crippen molar-refractivity contribution in [2.45, 2.75) is 6.54 Å². The Labute approximate surface area is 167 Å². The first-order chi connectivity index (χ1) is 13.7. The molecule has 6 nitrogen and oxygen atoms in total. The molecule has 0 spiro atoms. The topological polar surface area (TPSA) is 60.7 Å². The number of halogens is 1. The molecular weight excluding hydrogens is 376 g/mol. The number of hydrogen-bond donors (Lipinski definition) is 1. The summed E-state index contributed by atoms with van der Waals surface area (Å²) in [5, 5.41) is 4.07. The van der Waals surface area contributed by atoms with Gasteiger partial charge in [0.15, 0.2) is 23.0 Å². The van der Waals surface area contributed by atoms with Crippen molar-refractivity contribution in [1.82, 2.24) is 14.4 Å². The highest BCUT2D eigenvalue weighted by Crippen LogP contribution is 2.33. The highest BCUT2D eigenvalue weighted by Gasteiger charge is 2.12. The molecule has 0 aliphatic heterocycles. The molecule has 0 atom stereocenters. The largest absolute Gasteiger partial charge is 0.493 e. The Morgan fingerprint density at radius 3 is 2.54 bits per heavy atom.